The second-order valence-electron chi connectivity index (χ2n) is 5.77. The van der Waals surface area contributed by atoms with E-state index in [2.05, 4.69) is 0 Å². The summed E-state index contributed by atoms with van der Waals surface area (Å²) in [6, 6.07) is 16.4. The summed E-state index contributed by atoms with van der Waals surface area (Å²) in [6.45, 7) is 2.97. The van der Waals surface area contributed by atoms with E-state index in [1.807, 2.05) is 0 Å². The Balaban J connectivity index is 1.73. The Morgan fingerprint density at radius 3 is 1.81 bits per heavy atom. The van der Waals surface area contributed by atoms with E-state index < -0.39 is 5.97 Å². The first-order chi connectivity index (χ1) is 12.4. The van der Waals surface area contributed by atoms with Gasteiger partial charge in [0.05, 0.1) is 0 Å². The SMILES string of the molecule is CC(=O)c1ccc(OC(=O)c2ccc(-c3ccc(C(C)=O)cc3)o2)cc1. The Labute approximate surface area is 150 Å². The van der Waals surface area contributed by atoms with Crippen molar-refractivity contribution >= 4 is 17.5 Å². The van der Waals surface area contributed by atoms with Gasteiger partial charge in [-0.05, 0) is 50.2 Å². The van der Waals surface area contributed by atoms with Crippen LogP contribution in [-0.4, -0.2) is 17.5 Å². The molecule has 130 valence electrons. The van der Waals surface area contributed by atoms with E-state index in [0.717, 1.165) is 5.56 Å². The van der Waals surface area contributed by atoms with Crippen molar-refractivity contribution in [3.05, 3.63) is 77.6 Å². The zero-order valence-corrected chi connectivity index (χ0v) is 14.3. The standard InChI is InChI=1S/C21H16O5/c1-13(22)15-3-5-17(6-4-15)19-11-12-20(26-19)21(24)25-18-9-7-16(8-10-18)14(2)23/h3-12H,1-2H3. The van der Waals surface area contributed by atoms with Crippen LogP contribution in [0, 0.1) is 0 Å². The topological polar surface area (TPSA) is 73.6 Å². The molecule has 0 aliphatic heterocycles. The third-order valence-corrected chi connectivity index (χ3v) is 3.85. The van der Waals surface area contributed by atoms with Gasteiger partial charge in [0.15, 0.2) is 11.6 Å². The number of furan rings is 1. The molecule has 0 spiro atoms. The zero-order chi connectivity index (χ0) is 18.7. The molecule has 0 bridgehead atoms. The van der Waals surface area contributed by atoms with Gasteiger partial charge in [0.1, 0.15) is 11.5 Å². The highest BCUT2D eigenvalue weighted by molar-refractivity contribution is 5.95. The van der Waals surface area contributed by atoms with E-state index in [0.29, 0.717) is 22.6 Å². The average Bonchev–Trinajstić information content (AvgIpc) is 3.12. The number of ether oxygens (including phenoxy) is 1. The maximum absolute atomic E-state index is 12.2. The third-order valence-electron chi connectivity index (χ3n) is 3.85. The van der Waals surface area contributed by atoms with Crippen molar-refractivity contribution < 1.29 is 23.5 Å². The number of carbonyl (C=O) groups excluding carboxylic acids is 3. The summed E-state index contributed by atoms with van der Waals surface area (Å²) >= 11 is 0. The van der Waals surface area contributed by atoms with E-state index in [9.17, 15) is 14.4 Å². The number of hydrogen-bond acceptors (Lipinski definition) is 5. The first-order valence-corrected chi connectivity index (χ1v) is 7.98. The van der Waals surface area contributed by atoms with Crippen molar-refractivity contribution in [2.45, 2.75) is 13.8 Å². The molecule has 5 nitrogen and oxygen atoms in total. The van der Waals surface area contributed by atoms with Gasteiger partial charge in [-0.3, -0.25) is 9.59 Å². The molecule has 1 heterocycles. The molecular formula is C21H16O5. The fourth-order valence-electron chi connectivity index (χ4n) is 2.39. The van der Waals surface area contributed by atoms with Crippen LogP contribution in [0.2, 0.25) is 0 Å². The van der Waals surface area contributed by atoms with Crippen LogP contribution < -0.4 is 4.74 Å². The fraction of sp³-hybridized carbons (Fsp3) is 0.0952. The van der Waals surface area contributed by atoms with Gasteiger partial charge in [-0.1, -0.05) is 24.3 Å². The normalized spacial score (nSPS) is 10.4. The van der Waals surface area contributed by atoms with Crippen LogP contribution in [0.3, 0.4) is 0 Å². The van der Waals surface area contributed by atoms with Crippen LogP contribution in [0.15, 0.2) is 65.1 Å². The van der Waals surface area contributed by atoms with Crippen LogP contribution in [-0.2, 0) is 0 Å². The molecule has 0 unspecified atom stereocenters. The number of hydrogen-bond donors (Lipinski definition) is 0. The molecule has 0 amide bonds. The van der Waals surface area contributed by atoms with Crippen molar-refractivity contribution in [2.24, 2.45) is 0 Å². The number of benzene rings is 2. The Bertz CT molecular complexity index is 962. The van der Waals surface area contributed by atoms with Crippen molar-refractivity contribution in [3.63, 3.8) is 0 Å². The number of esters is 1. The first kappa shape index (κ1) is 17.4. The van der Waals surface area contributed by atoms with E-state index >= 15 is 0 Å². The summed E-state index contributed by atoms with van der Waals surface area (Å²) in [7, 11) is 0. The fourth-order valence-corrected chi connectivity index (χ4v) is 2.39. The molecule has 3 rings (SSSR count). The number of ketones is 2. The van der Waals surface area contributed by atoms with E-state index in [1.165, 1.54) is 19.9 Å². The van der Waals surface area contributed by atoms with Gasteiger partial charge in [-0.25, -0.2) is 4.79 Å². The Hall–Kier alpha value is -3.47. The van der Waals surface area contributed by atoms with Gasteiger partial charge < -0.3 is 9.15 Å². The Morgan fingerprint density at radius 1 is 0.731 bits per heavy atom. The minimum Gasteiger partial charge on any atom is -0.449 e. The largest absolute Gasteiger partial charge is 0.449 e. The second-order valence-corrected chi connectivity index (χ2v) is 5.77. The average molecular weight is 348 g/mol. The number of carbonyl (C=O) groups is 3. The summed E-state index contributed by atoms with van der Waals surface area (Å²) in [5.41, 5.74) is 1.90. The Morgan fingerprint density at radius 2 is 1.27 bits per heavy atom. The predicted octanol–water partition coefficient (Wildman–Crippen LogP) is 4.57. The molecule has 0 fully saturated rings. The van der Waals surface area contributed by atoms with Gasteiger partial charge in [-0.15, -0.1) is 0 Å². The van der Waals surface area contributed by atoms with Crippen molar-refractivity contribution in [1.82, 2.24) is 0 Å². The van der Waals surface area contributed by atoms with Crippen molar-refractivity contribution in [3.8, 4) is 17.1 Å². The van der Waals surface area contributed by atoms with Crippen LogP contribution in [0.5, 0.6) is 5.75 Å². The van der Waals surface area contributed by atoms with Gasteiger partial charge >= 0.3 is 5.97 Å². The number of rotatable bonds is 5. The van der Waals surface area contributed by atoms with Gasteiger partial charge in [0.25, 0.3) is 0 Å². The smallest absolute Gasteiger partial charge is 0.379 e. The third kappa shape index (κ3) is 3.78. The van der Waals surface area contributed by atoms with Crippen LogP contribution in [0.1, 0.15) is 45.1 Å². The molecule has 26 heavy (non-hydrogen) atoms. The number of Topliss-reactive ketones (excluding diaryl/α,β-unsaturated/α-hetero) is 2. The van der Waals surface area contributed by atoms with Crippen molar-refractivity contribution in [2.75, 3.05) is 0 Å². The van der Waals surface area contributed by atoms with E-state index in [-0.39, 0.29) is 17.3 Å². The van der Waals surface area contributed by atoms with Crippen molar-refractivity contribution in [1.29, 1.82) is 0 Å². The maximum Gasteiger partial charge on any atom is 0.379 e. The van der Waals surface area contributed by atoms with Crippen LogP contribution >= 0.6 is 0 Å². The van der Waals surface area contributed by atoms with Gasteiger partial charge in [-0.2, -0.15) is 0 Å². The Kier molecular flexibility index (Phi) is 4.80. The highest BCUT2D eigenvalue weighted by atomic mass is 16.5. The quantitative estimate of drug-likeness (QED) is 0.383. The molecule has 0 N–H and O–H groups in total. The molecule has 3 aromatic rings. The van der Waals surface area contributed by atoms with Gasteiger partial charge in [0.2, 0.25) is 5.76 Å². The molecule has 5 heteroatoms. The highest BCUT2D eigenvalue weighted by Crippen LogP contribution is 2.24. The minimum atomic E-state index is -0.632. The molecular weight excluding hydrogens is 332 g/mol. The second kappa shape index (κ2) is 7.19. The minimum absolute atomic E-state index is 0.0175. The molecule has 0 radical (unpaired) electrons. The van der Waals surface area contributed by atoms with E-state index in [4.69, 9.17) is 9.15 Å². The molecule has 0 atom stereocenters. The van der Waals surface area contributed by atoms with Crippen LogP contribution in [0.4, 0.5) is 0 Å². The van der Waals surface area contributed by atoms with Crippen LogP contribution in [0.25, 0.3) is 11.3 Å². The molecule has 1 aromatic heterocycles. The maximum atomic E-state index is 12.2. The molecule has 0 saturated carbocycles. The lowest BCUT2D eigenvalue weighted by Crippen LogP contribution is -2.07. The molecule has 2 aromatic carbocycles. The predicted molar refractivity (Wildman–Crippen MR) is 95.6 cm³/mol. The summed E-state index contributed by atoms with van der Waals surface area (Å²) in [5.74, 6) is 0.173. The molecule has 0 aliphatic carbocycles. The monoisotopic (exact) mass is 348 g/mol. The molecule has 0 saturated heterocycles. The lowest BCUT2D eigenvalue weighted by atomic mass is 10.1. The molecule has 0 aliphatic rings. The summed E-state index contributed by atoms with van der Waals surface area (Å²) in [5, 5.41) is 0. The van der Waals surface area contributed by atoms with Gasteiger partial charge in [0, 0.05) is 16.7 Å². The first-order valence-electron chi connectivity index (χ1n) is 7.98. The lowest BCUT2D eigenvalue weighted by molar-refractivity contribution is 0.0702. The summed E-state index contributed by atoms with van der Waals surface area (Å²) < 4.78 is 10.8. The van der Waals surface area contributed by atoms with E-state index in [1.54, 1.807) is 54.6 Å². The highest BCUT2D eigenvalue weighted by Gasteiger charge is 2.15. The summed E-state index contributed by atoms with van der Waals surface area (Å²) in [6.07, 6.45) is 0. The zero-order valence-electron chi connectivity index (χ0n) is 14.3. The summed E-state index contributed by atoms with van der Waals surface area (Å²) in [4.78, 5) is 34.8. The lowest BCUT2D eigenvalue weighted by Gasteiger charge is -2.03.